The molecule has 1 aliphatic rings. The minimum Gasteiger partial charge on any atom is -0.463 e. The second kappa shape index (κ2) is 8.21. The third kappa shape index (κ3) is 5.12. The van der Waals surface area contributed by atoms with Crippen molar-refractivity contribution in [1.29, 1.82) is 0 Å². The lowest BCUT2D eigenvalue weighted by Crippen LogP contribution is -2.38. The molecular weight excluding hydrogens is 386 g/mol. The fourth-order valence-corrected chi connectivity index (χ4v) is 4.57. The standard InChI is InChI=1S/C21H23N5O2S/c1-5-8-28-18-12-24-15(11-25-18)16(27)9-14-6-7-23-17(10-14)21(4)13-20(2,3)29-19(22)26-21/h1,6-7,10-12H,8-9,13H2,2-4H3,(H2,22,26)/t21-/m0/s1. The van der Waals surface area contributed by atoms with Crippen molar-refractivity contribution in [2.45, 2.75) is 43.9 Å². The monoisotopic (exact) mass is 409 g/mol. The first-order chi connectivity index (χ1) is 13.7. The first-order valence-corrected chi connectivity index (χ1v) is 9.94. The minimum atomic E-state index is -0.534. The molecule has 0 aliphatic carbocycles. The lowest BCUT2D eigenvalue weighted by Gasteiger charge is -2.38. The quantitative estimate of drug-likeness (QED) is 0.578. The molecule has 0 radical (unpaired) electrons. The van der Waals surface area contributed by atoms with E-state index < -0.39 is 5.54 Å². The van der Waals surface area contributed by atoms with Crippen molar-refractivity contribution in [3.05, 3.63) is 47.7 Å². The maximum Gasteiger partial charge on any atom is 0.233 e. The van der Waals surface area contributed by atoms with Gasteiger partial charge in [0.05, 0.1) is 18.1 Å². The number of nitrogens with two attached hydrogens (primary N) is 1. The maximum atomic E-state index is 12.6. The number of amidine groups is 1. The molecule has 0 saturated carbocycles. The summed E-state index contributed by atoms with van der Waals surface area (Å²) in [6.45, 7) is 6.40. The molecule has 0 unspecified atom stereocenters. The van der Waals surface area contributed by atoms with Gasteiger partial charge in [0, 0.05) is 17.4 Å². The SMILES string of the molecule is C#CCOc1cnc(C(=O)Cc2ccnc([C@]3(C)CC(C)(C)SC(N)=N3)c2)cn1. The van der Waals surface area contributed by atoms with Gasteiger partial charge >= 0.3 is 0 Å². The Balaban J connectivity index is 1.77. The fraction of sp³-hybridized carbons (Fsp3) is 0.381. The number of carbonyl (C=O) groups excluding carboxylic acids is 1. The molecule has 3 rings (SSSR count). The van der Waals surface area contributed by atoms with Crippen LogP contribution in [0.5, 0.6) is 5.88 Å². The molecule has 0 bridgehead atoms. The fourth-order valence-electron chi connectivity index (χ4n) is 3.41. The average Bonchev–Trinajstić information content (AvgIpc) is 2.65. The summed E-state index contributed by atoms with van der Waals surface area (Å²) in [4.78, 5) is 30.0. The maximum absolute atomic E-state index is 12.6. The Labute approximate surface area is 174 Å². The number of rotatable bonds is 6. The van der Waals surface area contributed by atoms with Gasteiger partial charge in [-0.15, -0.1) is 6.42 Å². The molecule has 0 amide bonds. The number of Topliss-reactive ketones (excluding diaryl/α,β-unsaturated/α-hetero) is 1. The number of hydrogen-bond donors (Lipinski definition) is 1. The first-order valence-electron chi connectivity index (χ1n) is 9.12. The summed E-state index contributed by atoms with van der Waals surface area (Å²) in [6.07, 6.45) is 10.6. The zero-order chi connectivity index (χ0) is 21.1. The highest BCUT2D eigenvalue weighted by atomic mass is 32.2. The summed E-state index contributed by atoms with van der Waals surface area (Å²) in [5, 5.41) is 0.550. The summed E-state index contributed by atoms with van der Waals surface area (Å²) in [5.41, 5.74) is 7.41. The zero-order valence-electron chi connectivity index (χ0n) is 16.7. The van der Waals surface area contributed by atoms with Crippen LogP contribution in [0.2, 0.25) is 0 Å². The van der Waals surface area contributed by atoms with Crippen LogP contribution in [0.25, 0.3) is 0 Å². The first kappa shape index (κ1) is 20.8. The predicted octanol–water partition coefficient (Wildman–Crippen LogP) is 2.75. The number of nitrogens with zero attached hydrogens (tertiary/aromatic N) is 4. The Morgan fingerprint density at radius 2 is 2.10 bits per heavy atom. The van der Waals surface area contributed by atoms with Crippen LogP contribution in [-0.4, -0.2) is 37.3 Å². The molecule has 8 heteroatoms. The van der Waals surface area contributed by atoms with Crippen LogP contribution < -0.4 is 10.5 Å². The van der Waals surface area contributed by atoms with Crippen LogP contribution in [0.15, 0.2) is 35.7 Å². The molecule has 0 spiro atoms. The average molecular weight is 410 g/mol. The molecule has 2 aromatic heterocycles. The highest BCUT2D eigenvalue weighted by Gasteiger charge is 2.40. The van der Waals surface area contributed by atoms with E-state index in [4.69, 9.17) is 16.9 Å². The molecule has 29 heavy (non-hydrogen) atoms. The molecule has 150 valence electrons. The number of hydrogen-bond acceptors (Lipinski definition) is 8. The third-order valence-electron chi connectivity index (χ3n) is 4.47. The van der Waals surface area contributed by atoms with E-state index in [0.29, 0.717) is 5.17 Å². The molecular formula is C21H23N5O2S. The van der Waals surface area contributed by atoms with Crippen LogP contribution in [0.1, 0.15) is 48.9 Å². The van der Waals surface area contributed by atoms with Crippen molar-refractivity contribution in [2.75, 3.05) is 6.61 Å². The molecule has 0 saturated heterocycles. The minimum absolute atomic E-state index is 0.0487. The van der Waals surface area contributed by atoms with Crippen molar-refractivity contribution in [2.24, 2.45) is 10.7 Å². The number of terminal acetylenes is 1. The van der Waals surface area contributed by atoms with E-state index in [0.717, 1.165) is 17.7 Å². The zero-order valence-corrected chi connectivity index (χ0v) is 17.5. The predicted molar refractivity (Wildman–Crippen MR) is 114 cm³/mol. The van der Waals surface area contributed by atoms with Crippen molar-refractivity contribution in [1.82, 2.24) is 15.0 Å². The molecule has 3 heterocycles. The van der Waals surface area contributed by atoms with Gasteiger partial charge in [0.1, 0.15) is 11.2 Å². The summed E-state index contributed by atoms with van der Waals surface area (Å²) in [7, 11) is 0. The number of aromatic nitrogens is 3. The van der Waals surface area contributed by atoms with Crippen molar-refractivity contribution >= 4 is 22.7 Å². The van der Waals surface area contributed by atoms with E-state index in [1.807, 2.05) is 19.1 Å². The largest absolute Gasteiger partial charge is 0.463 e. The Hall–Kier alpha value is -2.92. The van der Waals surface area contributed by atoms with Gasteiger partial charge in [-0.2, -0.15) is 0 Å². The lowest BCUT2D eigenvalue weighted by molar-refractivity contribution is 0.0987. The third-order valence-corrected chi connectivity index (χ3v) is 5.46. The number of pyridine rings is 1. The van der Waals surface area contributed by atoms with Crippen LogP contribution >= 0.6 is 11.8 Å². The van der Waals surface area contributed by atoms with Gasteiger partial charge in [0.15, 0.2) is 17.6 Å². The molecule has 0 fully saturated rings. The smallest absolute Gasteiger partial charge is 0.233 e. The highest BCUT2D eigenvalue weighted by Crippen LogP contribution is 2.44. The number of aliphatic imine (C=N–C) groups is 1. The van der Waals surface area contributed by atoms with E-state index in [1.54, 1.807) is 18.0 Å². The number of thioether (sulfide) groups is 1. The Bertz CT molecular complexity index is 981. The van der Waals surface area contributed by atoms with Crippen molar-refractivity contribution in [3.8, 4) is 18.2 Å². The second-order valence-corrected chi connectivity index (χ2v) is 9.37. The van der Waals surface area contributed by atoms with Crippen LogP contribution in [0.3, 0.4) is 0 Å². The van der Waals surface area contributed by atoms with E-state index >= 15 is 0 Å². The van der Waals surface area contributed by atoms with Gasteiger partial charge in [-0.1, -0.05) is 31.5 Å². The van der Waals surface area contributed by atoms with Crippen molar-refractivity contribution < 1.29 is 9.53 Å². The molecule has 2 aromatic rings. The Morgan fingerprint density at radius 1 is 1.31 bits per heavy atom. The molecule has 1 atom stereocenters. The summed E-state index contributed by atoms with van der Waals surface area (Å²) in [5.74, 6) is 2.48. The second-order valence-electron chi connectivity index (χ2n) is 7.64. The van der Waals surface area contributed by atoms with Gasteiger partial charge in [0.2, 0.25) is 5.88 Å². The number of ether oxygens (including phenoxy) is 1. The van der Waals surface area contributed by atoms with E-state index in [1.165, 1.54) is 12.4 Å². The molecule has 1 aliphatic heterocycles. The van der Waals surface area contributed by atoms with E-state index in [9.17, 15) is 4.79 Å². The van der Waals surface area contributed by atoms with Gasteiger partial charge in [0.25, 0.3) is 0 Å². The van der Waals surface area contributed by atoms with E-state index in [2.05, 4.69) is 39.7 Å². The van der Waals surface area contributed by atoms with E-state index in [-0.39, 0.29) is 35.1 Å². The van der Waals surface area contributed by atoms with Gasteiger partial charge < -0.3 is 10.5 Å². The molecule has 7 nitrogen and oxygen atoms in total. The van der Waals surface area contributed by atoms with Crippen LogP contribution in [0, 0.1) is 12.3 Å². The highest BCUT2D eigenvalue weighted by molar-refractivity contribution is 8.15. The summed E-state index contributed by atoms with van der Waals surface area (Å²) in [6, 6.07) is 3.73. The Morgan fingerprint density at radius 3 is 2.76 bits per heavy atom. The summed E-state index contributed by atoms with van der Waals surface area (Å²) < 4.78 is 5.13. The van der Waals surface area contributed by atoms with Crippen LogP contribution in [-0.2, 0) is 12.0 Å². The van der Waals surface area contributed by atoms with Gasteiger partial charge in [-0.25, -0.2) is 15.0 Å². The topological polar surface area (TPSA) is 103 Å². The van der Waals surface area contributed by atoms with Gasteiger partial charge in [-0.3, -0.25) is 9.78 Å². The molecule has 2 N–H and O–H groups in total. The molecule has 0 aromatic carbocycles. The number of carbonyl (C=O) groups is 1. The van der Waals surface area contributed by atoms with Crippen molar-refractivity contribution in [3.63, 3.8) is 0 Å². The Kier molecular flexibility index (Phi) is 5.89. The summed E-state index contributed by atoms with van der Waals surface area (Å²) >= 11 is 1.57. The lowest BCUT2D eigenvalue weighted by atomic mass is 9.86. The van der Waals surface area contributed by atoms with Crippen LogP contribution in [0.4, 0.5) is 0 Å². The number of ketones is 1. The van der Waals surface area contributed by atoms with Gasteiger partial charge in [-0.05, 0) is 31.0 Å². The normalized spacial score (nSPS) is 20.4.